The van der Waals surface area contributed by atoms with Crippen molar-refractivity contribution in [3.05, 3.63) is 0 Å². The highest BCUT2D eigenvalue weighted by Gasteiger charge is 2.43. The van der Waals surface area contributed by atoms with E-state index in [0.717, 1.165) is 12.8 Å². The third kappa shape index (κ3) is 4.06. The Morgan fingerprint density at radius 3 is 2.29 bits per heavy atom. The van der Waals surface area contributed by atoms with E-state index in [1.165, 1.54) is 4.90 Å². The van der Waals surface area contributed by atoms with E-state index in [4.69, 9.17) is 5.73 Å². The third-order valence-corrected chi connectivity index (χ3v) is 4.26. The molecule has 2 atom stereocenters. The van der Waals surface area contributed by atoms with Crippen LogP contribution in [-0.2, 0) is 4.79 Å². The molecule has 2 aliphatic rings. The summed E-state index contributed by atoms with van der Waals surface area (Å²) in [5.74, 6) is -4.05. The van der Waals surface area contributed by atoms with Crippen molar-refractivity contribution in [1.82, 2.24) is 9.80 Å². The van der Waals surface area contributed by atoms with Gasteiger partial charge >= 0.3 is 12.3 Å². The Bertz CT molecular complexity index is 372. The minimum atomic E-state index is -4.00. The first-order valence-electron chi connectivity index (χ1n) is 7.22. The normalized spacial score (nSPS) is 28.4. The summed E-state index contributed by atoms with van der Waals surface area (Å²) in [6.45, 7) is 0.0639. The molecule has 4 nitrogen and oxygen atoms in total. The number of nitrogens with zero attached hydrogens (tertiary/aromatic N) is 2. The van der Waals surface area contributed by atoms with Gasteiger partial charge in [-0.2, -0.15) is 8.78 Å². The highest BCUT2D eigenvalue weighted by molar-refractivity contribution is 5.79. The van der Waals surface area contributed by atoms with Crippen LogP contribution in [0.15, 0.2) is 0 Å². The van der Waals surface area contributed by atoms with Crippen molar-refractivity contribution < 1.29 is 22.4 Å². The zero-order valence-electron chi connectivity index (χ0n) is 11.8. The minimum Gasteiger partial charge on any atom is -0.340 e. The molecule has 1 amide bonds. The maximum Gasteiger partial charge on any atom is 0.319 e. The number of nitrogens with two attached hydrogens (primary N) is 1. The SMILES string of the molecule is NC1CCC(C(=O)N2CCN(CC(F)(F)C(F)F)CC2)C1. The Labute approximate surface area is 121 Å². The lowest BCUT2D eigenvalue weighted by molar-refractivity contribution is -0.149. The summed E-state index contributed by atoms with van der Waals surface area (Å²) in [4.78, 5) is 15.2. The number of hydrogen-bond acceptors (Lipinski definition) is 3. The van der Waals surface area contributed by atoms with Crippen LogP contribution in [0.3, 0.4) is 0 Å². The van der Waals surface area contributed by atoms with E-state index < -0.39 is 18.9 Å². The van der Waals surface area contributed by atoms with Gasteiger partial charge in [0.1, 0.15) is 0 Å². The van der Waals surface area contributed by atoms with E-state index in [1.54, 1.807) is 4.90 Å². The summed E-state index contributed by atoms with van der Waals surface area (Å²) in [7, 11) is 0. The number of amides is 1. The number of rotatable bonds is 4. The van der Waals surface area contributed by atoms with Crippen LogP contribution < -0.4 is 5.73 Å². The number of halogens is 4. The summed E-state index contributed by atoms with van der Waals surface area (Å²) in [6.07, 6.45) is -1.39. The second-order valence-corrected chi connectivity index (χ2v) is 5.93. The zero-order chi connectivity index (χ0) is 15.6. The van der Waals surface area contributed by atoms with Crippen molar-refractivity contribution in [2.75, 3.05) is 32.7 Å². The Morgan fingerprint density at radius 2 is 1.81 bits per heavy atom. The molecule has 1 heterocycles. The van der Waals surface area contributed by atoms with Gasteiger partial charge in [0, 0.05) is 38.1 Å². The molecule has 0 spiro atoms. The van der Waals surface area contributed by atoms with Crippen molar-refractivity contribution >= 4 is 5.91 Å². The molecule has 122 valence electrons. The smallest absolute Gasteiger partial charge is 0.319 e. The van der Waals surface area contributed by atoms with E-state index in [0.29, 0.717) is 19.5 Å². The van der Waals surface area contributed by atoms with Crippen molar-refractivity contribution in [3.8, 4) is 0 Å². The molecule has 0 bridgehead atoms. The molecule has 2 rings (SSSR count). The Morgan fingerprint density at radius 1 is 1.19 bits per heavy atom. The van der Waals surface area contributed by atoms with Crippen LogP contribution in [-0.4, -0.2) is 66.8 Å². The fourth-order valence-corrected chi connectivity index (χ4v) is 2.99. The molecule has 1 saturated carbocycles. The third-order valence-electron chi connectivity index (χ3n) is 4.26. The maximum atomic E-state index is 13.0. The van der Waals surface area contributed by atoms with E-state index in [-0.39, 0.29) is 31.0 Å². The molecule has 1 saturated heterocycles. The number of hydrogen-bond donors (Lipinski definition) is 1. The van der Waals surface area contributed by atoms with Gasteiger partial charge in [-0.05, 0) is 19.3 Å². The first kappa shape index (κ1) is 16.5. The van der Waals surface area contributed by atoms with Crippen LogP contribution in [0.25, 0.3) is 0 Å². The number of alkyl halides is 4. The molecule has 0 aromatic rings. The van der Waals surface area contributed by atoms with Gasteiger partial charge in [-0.25, -0.2) is 8.78 Å². The van der Waals surface area contributed by atoms with E-state index in [1.807, 2.05) is 0 Å². The molecule has 0 aromatic carbocycles. The fraction of sp³-hybridized carbons (Fsp3) is 0.923. The molecule has 2 unspecified atom stereocenters. The monoisotopic (exact) mass is 311 g/mol. The van der Waals surface area contributed by atoms with Crippen molar-refractivity contribution in [2.24, 2.45) is 11.7 Å². The van der Waals surface area contributed by atoms with Gasteiger partial charge in [0.05, 0.1) is 6.54 Å². The maximum absolute atomic E-state index is 13.0. The molecule has 1 aliphatic heterocycles. The molecule has 2 N–H and O–H groups in total. The van der Waals surface area contributed by atoms with E-state index in [2.05, 4.69) is 0 Å². The lowest BCUT2D eigenvalue weighted by Crippen LogP contribution is -2.53. The van der Waals surface area contributed by atoms with Crippen molar-refractivity contribution in [2.45, 2.75) is 37.7 Å². The van der Waals surface area contributed by atoms with Gasteiger partial charge in [-0.15, -0.1) is 0 Å². The molecule has 0 aromatic heterocycles. The highest BCUT2D eigenvalue weighted by atomic mass is 19.3. The Balaban J connectivity index is 1.79. The number of piperazine rings is 1. The fourth-order valence-electron chi connectivity index (χ4n) is 2.99. The van der Waals surface area contributed by atoms with Crippen LogP contribution in [0.4, 0.5) is 17.6 Å². The summed E-state index contributed by atoms with van der Waals surface area (Å²) < 4.78 is 50.3. The number of carbonyl (C=O) groups is 1. The predicted octanol–water partition coefficient (Wildman–Crippen LogP) is 1.16. The Kier molecular flexibility index (Phi) is 5.08. The molecular weight excluding hydrogens is 290 g/mol. The molecule has 21 heavy (non-hydrogen) atoms. The zero-order valence-corrected chi connectivity index (χ0v) is 11.8. The summed E-state index contributed by atoms with van der Waals surface area (Å²) in [5, 5.41) is 0. The van der Waals surface area contributed by atoms with Crippen LogP contribution in [0.5, 0.6) is 0 Å². The van der Waals surface area contributed by atoms with Gasteiger partial charge in [0.15, 0.2) is 0 Å². The molecule has 2 fully saturated rings. The Hall–Kier alpha value is -0.890. The van der Waals surface area contributed by atoms with Crippen LogP contribution in [0, 0.1) is 5.92 Å². The second-order valence-electron chi connectivity index (χ2n) is 5.93. The molecule has 8 heteroatoms. The first-order chi connectivity index (χ1) is 9.79. The summed E-state index contributed by atoms with van der Waals surface area (Å²) in [5.41, 5.74) is 5.78. The minimum absolute atomic E-state index is 0.0169. The van der Waals surface area contributed by atoms with E-state index in [9.17, 15) is 22.4 Å². The average molecular weight is 311 g/mol. The van der Waals surface area contributed by atoms with Crippen molar-refractivity contribution in [3.63, 3.8) is 0 Å². The first-order valence-corrected chi connectivity index (χ1v) is 7.22. The molecule has 1 aliphatic carbocycles. The average Bonchev–Trinajstić information content (AvgIpc) is 2.85. The van der Waals surface area contributed by atoms with Gasteiger partial charge < -0.3 is 10.6 Å². The van der Waals surface area contributed by atoms with Gasteiger partial charge in [-0.3, -0.25) is 9.69 Å². The largest absolute Gasteiger partial charge is 0.340 e. The van der Waals surface area contributed by atoms with Gasteiger partial charge in [0.25, 0.3) is 0 Å². The molecular formula is C13H21F4N3O. The quantitative estimate of drug-likeness (QED) is 0.793. The van der Waals surface area contributed by atoms with Gasteiger partial charge in [0.2, 0.25) is 5.91 Å². The second kappa shape index (κ2) is 6.48. The standard InChI is InChI=1S/C13H21F4N3O/c14-12(15)13(16,17)8-19-3-5-20(6-4-19)11(21)9-1-2-10(18)7-9/h9-10,12H,1-8,18H2. The van der Waals surface area contributed by atoms with Gasteiger partial charge in [-0.1, -0.05) is 0 Å². The topological polar surface area (TPSA) is 49.6 Å². The predicted molar refractivity (Wildman–Crippen MR) is 69.3 cm³/mol. The highest BCUT2D eigenvalue weighted by Crippen LogP contribution is 2.27. The lowest BCUT2D eigenvalue weighted by Gasteiger charge is -2.37. The summed E-state index contributed by atoms with van der Waals surface area (Å²) in [6, 6.07) is 0.0602. The van der Waals surface area contributed by atoms with Crippen molar-refractivity contribution in [1.29, 1.82) is 0 Å². The molecule has 0 radical (unpaired) electrons. The van der Waals surface area contributed by atoms with Crippen LogP contribution in [0.1, 0.15) is 19.3 Å². The van der Waals surface area contributed by atoms with Crippen LogP contribution in [0.2, 0.25) is 0 Å². The van der Waals surface area contributed by atoms with Crippen LogP contribution >= 0.6 is 0 Å². The summed E-state index contributed by atoms with van der Waals surface area (Å²) >= 11 is 0. The lowest BCUT2D eigenvalue weighted by atomic mass is 10.1. The number of carbonyl (C=O) groups excluding carboxylic acids is 1. The van der Waals surface area contributed by atoms with E-state index >= 15 is 0 Å².